The fourth-order valence-electron chi connectivity index (χ4n) is 3.76. The molecule has 0 aromatic heterocycles. The van der Waals surface area contributed by atoms with Crippen molar-refractivity contribution in [2.45, 2.75) is 0 Å². The van der Waals surface area contributed by atoms with E-state index in [1.165, 1.54) is 52.7 Å². The number of diazo groups is 2. The third kappa shape index (κ3) is 14.1. The molecule has 4 rings (SSSR count). The molecule has 0 heterocycles. The van der Waals surface area contributed by atoms with Crippen LogP contribution in [0.5, 0.6) is 23.0 Å². The van der Waals surface area contributed by atoms with Gasteiger partial charge in [0.25, 0.3) is 11.4 Å². The van der Waals surface area contributed by atoms with Crippen molar-refractivity contribution in [3.63, 3.8) is 0 Å². The van der Waals surface area contributed by atoms with Crippen molar-refractivity contribution < 1.29 is 97.9 Å². The van der Waals surface area contributed by atoms with Gasteiger partial charge in [0.05, 0.1) is 70.5 Å². The Hall–Kier alpha value is -4.14. The number of benzene rings is 4. The van der Waals surface area contributed by atoms with Crippen LogP contribution < -0.4 is 68.6 Å². The van der Waals surface area contributed by atoms with Crippen molar-refractivity contribution in [3.05, 3.63) is 98.8 Å². The Morgan fingerprint density at radius 2 is 0.800 bits per heavy atom. The van der Waals surface area contributed by atoms with Gasteiger partial charge in [0, 0.05) is 36.4 Å². The van der Waals surface area contributed by atoms with E-state index in [1.54, 1.807) is 0 Å². The molecule has 0 unspecified atom stereocenters. The first-order valence-corrected chi connectivity index (χ1v) is 14.7. The average Bonchev–Trinajstić information content (AvgIpc) is 3.10. The van der Waals surface area contributed by atoms with Gasteiger partial charge in [-0.15, -0.1) is 20.5 Å². The number of methoxy groups -OCH3 is 4. The number of azo groups is 2. The molecule has 0 saturated carbocycles. The van der Waals surface area contributed by atoms with Crippen molar-refractivity contribution in [2.75, 3.05) is 28.4 Å². The Kier molecular flexibility index (Phi) is 25.9. The summed E-state index contributed by atoms with van der Waals surface area (Å²) in [6, 6.07) is 10.1. The molecule has 0 amide bonds. The molecule has 0 bridgehead atoms. The normalized spacial score (nSPS) is 9.56. The fraction of sp³-hybridized carbons (Fsp3) is 0.143. The Labute approximate surface area is 368 Å². The van der Waals surface area contributed by atoms with E-state index in [2.05, 4.69) is 30.4 Å². The maximum absolute atomic E-state index is 10.8. The van der Waals surface area contributed by atoms with Gasteiger partial charge in [-0.1, -0.05) is 46.4 Å². The molecule has 0 saturated heterocycles. The number of non-ortho nitro benzene ring substituents is 2. The van der Waals surface area contributed by atoms with E-state index in [1.807, 2.05) is 0 Å². The van der Waals surface area contributed by atoms with Crippen molar-refractivity contribution >= 4 is 91.9 Å². The van der Waals surface area contributed by atoms with Gasteiger partial charge >= 0.3 is 30.9 Å². The molecule has 288 valence electrons. The van der Waals surface area contributed by atoms with E-state index >= 15 is 0 Å². The van der Waals surface area contributed by atoms with Crippen LogP contribution >= 0.6 is 46.4 Å². The van der Waals surface area contributed by atoms with Crippen LogP contribution in [0.3, 0.4) is 0 Å². The van der Waals surface area contributed by atoms with Gasteiger partial charge in [0.2, 0.25) is 22.3 Å². The molecule has 0 spiro atoms. The summed E-state index contributed by atoms with van der Waals surface area (Å²) in [5, 5.41) is 55.2. The van der Waals surface area contributed by atoms with Crippen LogP contribution in [-0.2, 0) is 19.5 Å². The molecule has 27 heteroatoms. The van der Waals surface area contributed by atoms with Gasteiger partial charge in [-0.25, -0.2) is 0 Å². The molecule has 0 N–H and O–H groups in total. The van der Waals surface area contributed by atoms with E-state index in [4.69, 9.17) is 76.1 Å². The number of nitro groups is 2. The van der Waals surface area contributed by atoms with Crippen LogP contribution in [0.25, 0.3) is 9.95 Å². The second-order valence-corrected chi connectivity index (χ2v) is 10.7. The Bertz CT molecular complexity index is 1940. The van der Waals surface area contributed by atoms with Gasteiger partial charge in [-0.05, 0) is 0 Å². The molecule has 0 atom stereocenters. The Balaban J connectivity index is -0.000000901. The van der Waals surface area contributed by atoms with Crippen LogP contribution in [0.4, 0.5) is 45.5 Å². The maximum atomic E-state index is 10.8. The molecule has 0 aliphatic rings. The minimum atomic E-state index is -0.621. The molecule has 0 aliphatic carbocycles. The number of rotatable bonds is 10. The topological polar surface area (TPSA) is 229 Å². The zero-order valence-corrected chi connectivity index (χ0v) is 37.1. The molecule has 4 aromatic rings. The standard InChI is InChI=1S/2C14H10Cl2N5O4.4ClH.Zn/c2*1-24-12-6-11(13(25-2)5-10(12)18-17)19-20-14-8(15)3-7(21(22)23)4-9(14)16;;;;;/h2*3-6H,1-2H3;4*1H;/q2*+1;;;;;+2/p-4. The van der Waals surface area contributed by atoms with Crippen LogP contribution in [0, 0.1) is 31.0 Å². The maximum Gasteiger partial charge on any atom is 2.00 e. The Morgan fingerprint density at radius 1 is 0.527 bits per heavy atom. The summed E-state index contributed by atoms with van der Waals surface area (Å²) in [6.07, 6.45) is 0. The summed E-state index contributed by atoms with van der Waals surface area (Å²) in [5.74, 6) is 0.981. The van der Waals surface area contributed by atoms with Crippen molar-refractivity contribution in [1.29, 1.82) is 10.8 Å². The minimum absolute atomic E-state index is 0. The smallest absolute Gasteiger partial charge is 1.00 e. The number of hydrogen-bond donors (Lipinski definition) is 0. The van der Waals surface area contributed by atoms with Gasteiger partial charge < -0.3 is 68.6 Å². The van der Waals surface area contributed by atoms with E-state index < -0.39 is 9.85 Å². The van der Waals surface area contributed by atoms with Crippen LogP contribution in [0.1, 0.15) is 0 Å². The summed E-state index contributed by atoms with van der Waals surface area (Å²) >= 11 is 23.9. The van der Waals surface area contributed by atoms with Crippen molar-refractivity contribution in [2.24, 2.45) is 20.5 Å². The zero-order valence-electron chi connectivity index (χ0n) is 28.1. The first kappa shape index (κ1) is 55.2. The summed E-state index contributed by atoms with van der Waals surface area (Å²) in [5.41, 5.74) is 0.379. The van der Waals surface area contributed by atoms with E-state index in [0.29, 0.717) is 0 Å². The van der Waals surface area contributed by atoms with Crippen LogP contribution in [-0.4, -0.2) is 38.3 Å². The zero-order chi connectivity index (χ0) is 37.1. The number of hydrogen-bond acceptors (Lipinski definition) is 14. The average molecular weight is 974 g/mol. The van der Waals surface area contributed by atoms with Crippen LogP contribution in [0.2, 0.25) is 20.1 Å². The third-order valence-electron chi connectivity index (χ3n) is 6.12. The molecule has 0 radical (unpaired) electrons. The summed E-state index contributed by atoms with van der Waals surface area (Å²) in [7, 11) is 5.57. The number of nitrogens with zero attached hydrogens (tertiary/aromatic N) is 10. The predicted octanol–water partition coefficient (Wildman–Crippen LogP) is -0.349. The molecular formula is C28H20Cl8N10O8Zn. The molecule has 4 aromatic carbocycles. The largest absolute Gasteiger partial charge is 2.00 e. The van der Waals surface area contributed by atoms with Gasteiger partial charge in [-0.3, -0.25) is 20.2 Å². The fourth-order valence-corrected chi connectivity index (χ4v) is 4.86. The Morgan fingerprint density at radius 3 is 1.02 bits per heavy atom. The summed E-state index contributed by atoms with van der Waals surface area (Å²) < 4.78 is 20.5. The molecule has 0 fully saturated rings. The van der Waals surface area contributed by atoms with E-state index in [-0.39, 0.29) is 158 Å². The second kappa shape index (κ2) is 25.9. The second-order valence-electron chi connectivity index (χ2n) is 9.02. The number of nitro benzene ring substituents is 2. The molecule has 18 nitrogen and oxygen atoms in total. The SMILES string of the molecule is COc1cc([N+]#N)c(OC)cc1N=Nc1c(Cl)cc([N+](=O)[O-])cc1Cl.COc1cc([N+]#N)c(OC)cc1N=Nc1c(Cl)cc([N+](=O)[O-])cc1Cl.[Cl-].[Cl-].[Cl-].[Cl-].[Zn+2]. The van der Waals surface area contributed by atoms with Gasteiger partial charge in [0.1, 0.15) is 22.7 Å². The molecule has 55 heavy (non-hydrogen) atoms. The number of halogens is 8. The first-order valence-electron chi connectivity index (χ1n) is 13.1. The minimum Gasteiger partial charge on any atom is -1.00 e. The van der Waals surface area contributed by atoms with E-state index in [0.717, 1.165) is 24.3 Å². The van der Waals surface area contributed by atoms with Crippen LogP contribution in [0.15, 0.2) is 69.0 Å². The van der Waals surface area contributed by atoms with Crippen molar-refractivity contribution in [1.82, 2.24) is 0 Å². The van der Waals surface area contributed by atoms with Gasteiger partial charge in [0.15, 0.2) is 21.5 Å². The molecular weight excluding hydrogens is 953 g/mol. The van der Waals surface area contributed by atoms with Crippen molar-refractivity contribution in [3.8, 4) is 23.0 Å². The monoisotopic (exact) mass is 968 g/mol. The molecule has 0 aliphatic heterocycles. The predicted molar refractivity (Wildman–Crippen MR) is 183 cm³/mol. The summed E-state index contributed by atoms with van der Waals surface area (Å²) in [6.45, 7) is 0. The quantitative estimate of drug-likeness (QED) is 0.0660. The van der Waals surface area contributed by atoms with E-state index in [9.17, 15) is 20.2 Å². The number of ether oxygens (including phenoxy) is 4. The van der Waals surface area contributed by atoms with Gasteiger partial charge in [-0.2, -0.15) is 0 Å². The summed E-state index contributed by atoms with van der Waals surface area (Å²) in [4.78, 5) is 26.5. The third-order valence-corrected chi connectivity index (χ3v) is 7.27. The first-order chi connectivity index (χ1) is 23.8.